The molecule has 2 aromatic carbocycles. The lowest BCUT2D eigenvalue weighted by Gasteiger charge is -2.38. The number of carbonyl (C=O) groups excluding carboxylic acids is 1. The molecule has 8 heteroatoms. The van der Waals surface area contributed by atoms with E-state index in [9.17, 15) is 13.2 Å². The Bertz CT molecular complexity index is 1090. The van der Waals surface area contributed by atoms with Gasteiger partial charge >= 0.3 is 0 Å². The highest BCUT2D eigenvalue weighted by molar-refractivity contribution is 7.90. The Kier molecular flexibility index (Phi) is 8.02. The van der Waals surface area contributed by atoms with Crippen LogP contribution in [0.3, 0.4) is 0 Å². The van der Waals surface area contributed by atoms with E-state index >= 15 is 0 Å². The summed E-state index contributed by atoms with van der Waals surface area (Å²) in [6.07, 6.45) is 2.81. The molecule has 170 valence electrons. The number of amides is 1. The maximum atomic E-state index is 13.2. The fraction of sp³-hybridized carbons (Fsp3) is 0.417. The number of ether oxygens (including phenoxy) is 1. The average molecular weight is 456 g/mol. The van der Waals surface area contributed by atoms with Crippen LogP contribution < -0.4 is 0 Å². The Hall–Kier alpha value is -2.73. The minimum absolute atomic E-state index is 0.0600. The summed E-state index contributed by atoms with van der Waals surface area (Å²) in [4.78, 5) is 17.7. The minimum atomic E-state index is -3.28. The van der Waals surface area contributed by atoms with Gasteiger partial charge in [0.05, 0.1) is 23.1 Å². The lowest BCUT2D eigenvalue weighted by molar-refractivity contribution is 0.0477. The standard InChI is InChI=1S/C24H29N3O4S/c1-31-15-14-27(24(28)20-8-5-6-19(16-20)17-25)22-10-12-26(13-11-22)18-21-7-3-4-9-23(21)32(2,29)30/h3-9,16,22H,10-15,18H2,1-2H3. The number of piperidine rings is 1. The lowest BCUT2D eigenvalue weighted by atomic mass is 10.0. The van der Waals surface area contributed by atoms with Crippen LogP contribution in [0.15, 0.2) is 53.4 Å². The number of methoxy groups -OCH3 is 1. The van der Waals surface area contributed by atoms with E-state index in [1.165, 1.54) is 6.26 Å². The molecule has 1 fully saturated rings. The fourth-order valence-electron chi connectivity index (χ4n) is 4.15. The summed E-state index contributed by atoms with van der Waals surface area (Å²) in [5.41, 5.74) is 1.76. The molecule has 0 aromatic heterocycles. The van der Waals surface area contributed by atoms with Gasteiger partial charge in [-0.15, -0.1) is 0 Å². The van der Waals surface area contributed by atoms with E-state index < -0.39 is 9.84 Å². The predicted octanol–water partition coefficient (Wildman–Crippen LogP) is 2.71. The van der Waals surface area contributed by atoms with Gasteiger partial charge < -0.3 is 9.64 Å². The van der Waals surface area contributed by atoms with Crippen LogP contribution >= 0.6 is 0 Å². The van der Waals surface area contributed by atoms with Crippen LogP contribution in [0.4, 0.5) is 0 Å². The van der Waals surface area contributed by atoms with Crippen molar-refractivity contribution >= 4 is 15.7 Å². The van der Waals surface area contributed by atoms with Crippen LogP contribution in [-0.4, -0.2) is 69.8 Å². The fourth-order valence-corrected chi connectivity index (χ4v) is 5.09. The molecule has 7 nitrogen and oxygen atoms in total. The molecule has 1 heterocycles. The van der Waals surface area contributed by atoms with Gasteiger partial charge in [0, 0.05) is 51.1 Å². The number of nitriles is 1. The van der Waals surface area contributed by atoms with Crippen molar-refractivity contribution in [2.75, 3.05) is 39.6 Å². The zero-order valence-corrected chi connectivity index (χ0v) is 19.3. The number of likely N-dealkylation sites (tertiary alicyclic amines) is 1. The predicted molar refractivity (Wildman–Crippen MR) is 122 cm³/mol. The Labute approximate surface area is 190 Å². The molecule has 0 spiro atoms. The van der Waals surface area contributed by atoms with Crippen LogP contribution in [-0.2, 0) is 21.1 Å². The molecule has 1 saturated heterocycles. The largest absolute Gasteiger partial charge is 0.383 e. The summed E-state index contributed by atoms with van der Waals surface area (Å²) in [7, 11) is -1.67. The number of sulfone groups is 1. The molecule has 1 aliphatic heterocycles. The van der Waals surface area contributed by atoms with Gasteiger partial charge in [-0.2, -0.15) is 5.26 Å². The van der Waals surface area contributed by atoms with E-state index in [1.807, 2.05) is 17.0 Å². The van der Waals surface area contributed by atoms with Crippen molar-refractivity contribution in [3.8, 4) is 6.07 Å². The van der Waals surface area contributed by atoms with E-state index in [2.05, 4.69) is 11.0 Å². The Balaban J connectivity index is 1.69. The minimum Gasteiger partial charge on any atom is -0.383 e. The molecule has 3 rings (SSSR count). The molecular formula is C24H29N3O4S. The van der Waals surface area contributed by atoms with Gasteiger partial charge in [0.25, 0.3) is 5.91 Å². The van der Waals surface area contributed by atoms with E-state index in [4.69, 9.17) is 10.00 Å². The maximum absolute atomic E-state index is 13.2. The first-order chi connectivity index (χ1) is 15.3. The third kappa shape index (κ3) is 5.94. The molecule has 2 aromatic rings. The monoisotopic (exact) mass is 455 g/mol. The van der Waals surface area contributed by atoms with Crippen LogP contribution in [0.25, 0.3) is 0 Å². The second kappa shape index (κ2) is 10.7. The molecule has 0 bridgehead atoms. The van der Waals surface area contributed by atoms with Gasteiger partial charge in [-0.3, -0.25) is 9.69 Å². The molecular weight excluding hydrogens is 426 g/mol. The summed E-state index contributed by atoms with van der Waals surface area (Å²) in [5, 5.41) is 9.15. The third-order valence-corrected chi connectivity index (χ3v) is 7.00. The van der Waals surface area contributed by atoms with Crippen LogP contribution in [0.1, 0.15) is 34.3 Å². The third-order valence-electron chi connectivity index (χ3n) is 5.80. The van der Waals surface area contributed by atoms with Crippen LogP contribution in [0.5, 0.6) is 0 Å². The summed E-state index contributed by atoms with van der Waals surface area (Å²) in [6, 6.07) is 16.0. The van der Waals surface area contributed by atoms with Gasteiger partial charge in [0.2, 0.25) is 0 Å². The highest BCUT2D eigenvalue weighted by Crippen LogP contribution is 2.23. The van der Waals surface area contributed by atoms with E-state index in [0.29, 0.717) is 35.7 Å². The van der Waals surface area contributed by atoms with E-state index in [-0.39, 0.29) is 11.9 Å². The van der Waals surface area contributed by atoms with Crippen LogP contribution in [0, 0.1) is 11.3 Å². The smallest absolute Gasteiger partial charge is 0.254 e. The number of hydrogen-bond donors (Lipinski definition) is 0. The van der Waals surface area contributed by atoms with Gasteiger partial charge in [0.15, 0.2) is 9.84 Å². The molecule has 1 aliphatic rings. The summed E-state index contributed by atoms with van der Waals surface area (Å²) >= 11 is 0. The number of nitrogens with zero attached hydrogens (tertiary/aromatic N) is 3. The molecule has 0 aliphatic carbocycles. The second-order valence-electron chi connectivity index (χ2n) is 8.07. The Morgan fingerprint density at radius 3 is 2.56 bits per heavy atom. The lowest BCUT2D eigenvalue weighted by Crippen LogP contribution is -2.48. The molecule has 0 N–H and O–H groups in total. The highest BCUT2D eigenvalue weighted by atomic mass is 32.2. The van der Waals surface area contributed by atoms with Crippen LogP contribution in [0.2, 0.25) is 0 Å². The van der Waals surface area contributed by atoms with Crippen molar-refractivity contribution in [3.63, 3.8) is 0 Å². The highest BCUT2D eigenvalue weighted by Gasteiger charge is 2.29. The number of hydrogen-bond acceptors (Lipinski definition) is 6. The van der Waals surface area contributed by atoms with Crippen molar-refractivity contribution in [3.05, 3.63) is 65.2 Å². The molecule has 0 saturated carbocycles. The Morgan fingerprint density at radius 1 is 1.19 bits per heavy atom. The first-order valence-corrected chi connectivity index (χ1v) is 12.5. The summed E-state index contributed by atoms with van der Waals surface area (Å²) in [6.45, 7) is 3.00. The van der Waals surface area contributed by atoms with Gasteiger partial charge in [-0.1, -0.05) is 24.3 Å². The van der Waals surface area contributed by atoms with Crippen molar-refractivity contribution in [2.24, 2.45) is 0 Å². The molecule has 0 unspecified atom stereocenters. The zero-order chi connectivity index (χ0) is 23.1. The van der Waals surface area contributed by atoms with E-state index in [0.717, 1.165) is 31.5 Å². The van der Waals surface area contributed by atoms with Crippen molar-refractivity contribution < 1.29 is 17.9 Å². The van der Waals surface area contributed by atoms with E-state index in [1.54, 1.807) is 43.5 Å². The zero-order valence-electron chi connectivity index (χ0n) is 18.5. The van der Waals surface area contributed by atoms with Crippen molar-refractivity contribution in [1.82, 2.24) is 9.80 Å². The number of benzene rings is 2. The summed E-state index contributed by atoms with van der Waals surface area (Å²) in [5.74, 6) is -0.0972. The normalized spacial score (nSPS) is 15.3. The molecule has 0 radical (unpaired) electrons. The maximum Gasteiger partial charge on any atom is 0.254 e. The van der Waals surface area contributed by atoms with Crippen molar-refractivity contribution in [2.45, 2.75) is 30.3 Å². The Morgan fingerprint density at radius 2 is 1.91 bits per heavy atom. The van der Waals surface area contributed by atoms with Gasteiger partial charge in [-0.05, 0) is 42.7 Å². The first-order valence-electron chi connectivity index (χ1n) is 10.6. The SMILES string of the molecule is COCCN(C(=O)c1cccc(C#N)c1)C1CCN(Cc2ccccc2S(C)(=O)=O)CC1. The topological polar surface area (TPSA) is 90.7 Å². The molecule has 0 atom stereocenters. The average Bonchev–Trinajstić information content (AvgIpc) is 2.80. The van der Waals surface area contributed by atoms with Crippen molar-refractivity contribution in [1.29, 1.82) is 5.26 Å². The van der Waals surface area contributed by atoms with Gasteiger partial charge in [0.1, 0.15) is 0 Å². The number of carbonyl (C=O) groups is 1. The molecule has 32 heavy (non-hydrogen) atoms. The second-order valence-corrected chi connectivity index (χ2v) is 10.1. The number of rotatable bonds is 8. The molecule has 1 amide bonds. The quantitative estimate of drug-likeness (QED) is 0.608. The summed E-state index contributed by atoms with van der Waals surface area (Å²) < 4.78 is 29.4. The first kappa shape index (κ1) is 23.9. The van der Waals surface area contributed by atoms with Gasteiger partial charge in [-0.25, -0.2) is 8.42 Å².